The molecule has 0 bridgehead atoms. The molecule has 0 spiro atoms. The first kappa shape index (κ1) is 11.4. The summed E-state index contributed by atoms with van der Waals surface area (Å²) in [6, 6.07) is 0. The predicted octanol–water partition coefficient (Wildman–Crippen LogP) is 2.30. The Morgan fingerprint density at radius 2 is 2.19 bits per heavy atom. The third-order valence-electron chi connectivity index (χ3n) is 3.13. The minimum atomic E-state index is -0.944. The standard InChI is InChI=1S/C13H18FNO/c1-10-3-4-12(13(14)9-10)11(2)15-5-7-16-8-6-15/h3-4,9,12-13H,2,5-8H2,1H3. The molecule has 0 aromatic rings. The van der Waals surface area contributed by atoms with Crippen LogP contribution in [0.25, 0.3) is 0 Å². The monoisotopic (exact) mass is 223 g/mol. The molecule has 88 valence electrons. The number of allylic oxidation sites excluding steroid dienone is 4. The maximum absolute atomic E-state index is 13.9. The van der Waals surface area contributed by atoms with Crippen LogP contribution >= 0.6 is 0 Å². The second-order valence-corrected chi connectivity index (χ2v) is 4.33. The third-order valence-corrected chi connectivity index (χ3v) is 3.13. The van der Waals surface area contributed by atoms with Crippen LogP contribution in [0.3, 0.4) is 0 Å². The Labute approximate surface area is 96.1 Å². The minimum Gasteiger partial charge on any atom is -0.378 e. The SMILES string of the molecule is C=C(C1C=CC(C)=CC1F)N1CCOCC1. The summed E-state index contributed by atoms with van der Waals surface area (Å²) in [6.45, 7) is 9.00. The molecular weight excluding hydrogens is 205 g/mol. The second-order valence-electron chi connectivity index (χ2n) is 4.33. The average Bonchev–Trinajstić information content (AvgIpc) is 2.29. The molecule has 1 fully saturated rings. The van der Waals surface area contributed by atoms with E-state index < -0.39 is 6.17 Å². The van der Waals surface area contributed by atoms with Gasteiger partial charge >= 0.3 is 0 Å². The van der Waals surface area contributed by atoms with E-state index in [0.717, 1.165) is 24.4 Å². The van der Waals surface area contributed by atoms with Crippen LogP contribution in [-0.4, -0.2) is 37.4 Å². The Bertz CT molecular complexity index is 329. The molecule has 16 heavy (non-hydrogen) atoms. The zero-order valence-corrected chi connectivity index (χ0v) is 9.66. The van der Waals surface area contributed by atoms with E-state index in [-0.39, 0.29) is 5.92 Å². The van der Waals surface area contributed by atoms with E-state index in [0.29, 0.717) is 13.2 Å². The van der Waals surface area contributed by atoms with Gasteiger partial charge in [-0.1, -0.05) is 24.3 Å². The van der Waals surface area contributed by atoms with Crippen LogP contribution in [0.15, 0.2) is 36.1 Å². The van der Waals surface area contributed by atoms with Crippen LogP contribution in [0.5, 0.6) is 0 Å². The average molecular weight is 223 g/mol. The molecule has 0 amide bonds. The highest BCUT2D eigenvalue weighted by Crippen LogP contribution is 2.27. The number of morpholine rings is 1. The van der Waals surface area contributed by atoms with E-state index in [4.69, 9.17) is 4.74 Å². The van der Waals surface area contributed by atoms with Crippen LogP contribution in [-0.2, 0) is 4.74 Å². The van der Waals surface area contributed by atoms with Crippen LogP contribution in [0.4, 0.5) is 4.39 Å². The topological polar surface area (TPSA) is 12.5 Å². The molecule has 2 rings (SSSR count). The molecule has 2 aliphatic rings. The van der Waals surface area contributed by atoms with E-state index in [2.05, 4.69) is 11.5 Å². The summed E-state index contributed by atoms with van der Waals surface area (Å²) in [4.78, 5) is 2.12. The first-order chi connectivity index (χ1) is 7.68. The first-order valence-corrected chi connectivity index (χ1v) is 5.70. The molecule has 2 atom stereocenters. The van der Waals surface area contributed by atoms with Gasteiger partial charge in [-0.15, -0.1) is 0 Å². The van der Waals surface area contributed by atoms with Crippen molar-refractivity contribution in [2.75, 3.05) is 26.3 Å². The van der Waals surface area contributed by atoms with Crippen LogP contribution in [0.2, 0.25) is 0 Å². The summed E-state index contributed by atoms with van der Waals surface area (Å²) >= 11 is 0. The summed E-state index contributed by atoms with van der Waals surface area (Å²) in [6.07, 6.45) is 4.60. The fourth-order valence-electron chi connectivity index (χ4n) is 2.13. The van der Waals surface area contributed by atoms with Crippen LogP contribution in [0, 0.1) is 5.92 Å². The molecular formula is C13H18FNO. The summed E-state index contributed by atoms with van der Waals surface area (Å²) < 4.78 is 19.1. The number of rotatable bonds is 2. The van der Waals surface area contributed by atoms with Crippen molar-refractivity contribution < 1.29 is 9.13 Å². The minimum absolute atomic E-state index is 0.207. The van der Waals surface area contributed by atoms with Crippen LogP contribution < -0.4 is 0 Å². The smallest absolute Gasteiger partial charge is 0.130 e. The quantitative estimate of drug-likeness (QED) is 0.712. The van der Waals surface area contributed by atoms with Crippen molar-refractivity contribution in [1.29, 1.82) is 0 Å². The van der Waals surface area contributed by atoms with Crippen molar-refractivity contribution in [3.05, 3.63) is 36.1 Å². The lowest BCUT2D eigenvalue weighted by molar-refractivity contribution is 0.0481. The van der Waals surface area contributed by atoms with Gasteiger partial charge in [0.05, 0.1) is 19.1 Å². The number of alkyl halides is 1. The highest BCUT2D eigenvalue weighted by molar-refractivity contribution is 5.29. The van der Waals surface area contributed by atoms with Crippen molar-refractivity contribution >= 4 is 0 Å². The summed E-state index contributed by atoms with van der Waals surface area (Å²) in [5, 5.41) is 0. The van der Waals surface area contributed by atoms with Gasteiger partial charge in [-0.3, -0.25) is 0 Å². The van der Waals surface area contributed by atoms with Gasteiger partial charge in [0.25, 0.3) is 0 Å². The van der Waals surface area contributed by atoms with E-state index in [1.54, 1.807) is 6.08 Å². The van der Waals surface area contributed by atoms with E-state index in [1.165, 1.54) is 0 Å². The molecule has 1 heterocycles. The number of halogens is 1. The Hall–Kier alpha value is -1.09. The highest BCUT2D eigenvalue weighted by Gasteiger charge is 2.26. The Morgan fingerprint density at radius 1 is 1.50 bits per heavy atom. The lowest BCUT2D eigenvalue weighted by atomic mass is 9.92. The molecule has 0 saturated carbocycles. The zero-order valence-electron chi connectivity index (χ0n) is 9.66. The molecule has 0 N–H and O–H groups in total. The van der Waals surface area contributed by atoms with Gasteiger partial charge in [0.15, 0.2) is 0 Å². The number of hydrogen-bond donors (Lipinski definition) is 0. The lowest BCUT2D eigenvalue weighted by Crippen LogP contribution is -2.38. The molecule has 3 heteroatoms. The molecule has 0 aromatic carbocycles. The van der Waals surface area contributed by atoms with Gasteiger partial charge in [0.2, 0.25) is 0 Å². The van der Waals surface area contributed by atoms with E-state index >= 15 is 0 Å². The van der Waals surface area contributed by atoms with E-state index in [9.17, 15) is 4.39 Å². The Kier molecular flexibility index (Phi) is 3.44. The van der Waals surface area contributed by atoms with Crippen molar-refractivity contribution in [2.24, 2.45) is 5.92 Å². The largest absolute Gasteiger partial charge is 0.378 e. The van der Waals surface area contributed by atoms with Crippen molar-refractivity contribution in [2.45, 2.75) is 13.1 Å². The lowest BCUT2D eigenvalue weighted by Gasteiger charge is -2.35. The number of ether oxygens (including phenoxy) is 1. The first-order valence-electron chi connectivity index (χ1n) is 5.70. The molecule has 1 aliphatic carbocycles. The van der Waals surface area contributed by atoms with E-state index in [1.807, 2.05) is 19.1 Å². The maximum atomic E-state index is 13.9. The number of nitrogens with zero attached hydrogens (tertiary/aromatic N) is 1. The van der Waals surface area contributed by atoms with Gasteiger partial charge in [0, 0.05) is 18.8 Å². The van der Waals surface area contributed by atoms with Gasteiger partial charge < -0.3 is 9.64 Å². The maximum Gasteiger partial charge on any atom is 0.130 e. The Morgan fingerprint density at radius 3 is 2.81 bits per heavy atom. The second kappa shape index (κ2) is 4.83. The predicted molar refractivity (Wildman–Crippen MR) is 62.8 cm³/mol. The van der Waals surface area contributed by atoms with Gasteiger partial charge in [0.1, 0.15) is 6.17 Å². The molecule has 2 unspecified atom stereocenters. The zero-order chi connectivity index (χ0) is 11.5. The Balaban J connectivity index is 2.02. The number of hydrogen-bond acceptors (Lipinski definition) is 2. The van der Waals surface area contributed by atoms with Crippen LogP contribution in [0.1, 0.15) is 6.92 Å². The van der Waals surface area contributed by atoms with Crippen molar-refractivity contribution in [3.63, 3.8) is 0 Å². The normalized spacial score (nSPS) is 30.1. The molecule has 1 saturated heterocycles. The highest BCUT2D eigenvalue weighted by atomic mass is 19.1. The molecule has 2 nitrogen and oxygen atoms in total. The van der Waals surface area contributed by atoms with Gasteiger partial charge in [-0.25, -0.2) is 4.39 Å². The summed E-state index contributed by atoms with van der Waals surface area (Å²) in [5.74, 6) is -0.207. The van der Waals surface area contributed by atoms with Crippen molar-refractivity contribution in [3.8, 4) is 0 Å². The van der Waals surface area contributed by atoms with Gasteiger partial charge in [-0.05, 0) is 13.0 Å². The fraction of sp³-hybridized carbons (Fsp3) is 0.538. The molecule has 1 aliphatic heterocycles. The van der Waals surface area contributed by atoms with Gasteiger partial charge in [-0.2, -0.15) is 0 Å². The third kappa shape index (κ3) is 2.35. The molecule has 0 radical (unpaired) electrons. The fourth-order valence-corrected chi connectivity index (χ4v) is 2.13. The summed E-state index contributed by atoms with van der Waals surface area (Å²) in [7, 11) is 0. The molecule has 0 aromatic heterocycles. The van der Waals surface area contributed by atoms with Crippen molar-refractivity contribution in [1.82, 2.24) is 4.90 Å². The summed E-state index contributed by atoms with van der Waals surface area (Å²) in [5.41, 5.74) is 1.86.